The molecule has 130 valence electrons. The lowest BCUT2D eigenvalue weighted by molar-refractivity contribution is -0.119. The van der Waals surface area contributed by atoms with E-state index in [-0.39, 0.29) is 43.3 Å². The molecular formula is C13H26ClN3O4S. The van der Waals surface area contributed by atoms with Crippen molar-refractivity contribution in [1.29, 1.82) is 0 Å². The van der Waals surface area contributed by atoms with Crippen LogP contribution in [-0.2, 0) is 19.6 Å². The van der Waals surface area contributed by atoms with Gasteiger partial charge in [0.15, 0.2) is 0 Å². The summed E-state index contributed by atoms with van der Waals surface area (Å²) < 4.78 is 30.7. The average molecular weight is 356 g/mol. The number of nitrogens with one attached hydrogen (secondary N) is 3. The molecular weight excluding hydrogens is 330 g/mol. The number of carbonyl (C=O) groups excluding carboxylic acids is 1. The lowest BCUT2D eigenvalue weighted by Gasteiger charge is -2.14. The van der Waals surface area contributed by atoms with Gasteiger partial charge in [-0.1, -0.05) is 11.6 Å². The minimum absolute atomic E-state index is 0. The van der Waals surface area contributed by atoms with Crippen molar-refractivity contribution in [3.63, 3.8) is 0 Å². The normalized spacial score (nSPS) is 15.1. The molecule has 1 amide bonds. The number of amides is 1. The van der Waals surface area contributed by atoms with Gasteiger partial charge in [0.05, 0.1) is 25.0 Å². The second-order valence-corrected chi connectivity index (χ2v) is 7.08. The maximum Gasteiger partial charge on any atom is 0.235 e. The molecule has 0 saturated heterocycles. The summed E-state index contributed by atoms with van der Waals surface area (Å²) in [6.45, 7) is 5.74. The Labute approximate surface area is 138 Å². The van der Waals surface area contributed by atoms with Crippen LogP contribution in [0.2, 0.25) is 0 Å². The zero-order valence-electron chi connectivity index (χ0n) is 13.1. The van der Waals surface area contributed by atoms with E-state index < -0.39 is 10.0 Å². The summed E-state index contributed by atoms with van der Waals surface area (Å²) in [6.07, 6.45) is 2.93. The largest absolute Gasteiger partial charge is 0.378 e. The molecule has 1 heterocycles. The van der Waals surface area contributed by atoms with Crippen molar-refractivity contribution in [2.24, 2.45) is 0 Å². The van der Waals surface area contributed by atoms with Crippen LogP contribution in [0.4, 0.5) is 0 Å². The van der Waals surface area contributed by atoms with Gasteiger partial charge in [0, 0.05) is 13.1 Å². The average Bonchev–Trinajstić information content (AvgIpc) is 2.43. The molecule has 0 aromatic carbocycles. The maximum atomic E-state index is 11.6. The molecule has 0 aromatic heterocycles. The molecule has 0 saturated carbocycles. The van der Waals surface area contributed by atoms with Crippen LogP contribution >= 0.6 is 12.4 Å². The molecule has 1 aliphatic heterocycles. The van der Waals surface area contributed by atoms with Crippen LogP contribution in [-0.4, -0.2) is 59.0 Å². The zero-order chi connectivity index (χ0) is 15.7. The summed E-state index contributed by atoms with van der Waals surface area (Å²) in [7, 11) is -3.48. The Kier molecular flexibility index (Phi) is 10.6. The lowest BCUT2D eigenvalue weighted by Crippen LogP contribution is -2.39. The Hall–Kier alpha value is -0.670. The van der Waals surface area contributed by atoms with Crippen molar-refractivity contribution in [2.75, 3.05) is 38.5 Å². The van der Waals surface area contributed by atoms with Crippen LogP contribution in [0.25, 0.3) is 0 Å². The van der Waals surface area contributed by atoms with Gasteiger partial charge in [0.25, 0.3) is 0 Å². The third-order valence-electron chi connectivity index (χ3n) is 2.93. The van der Waals surface area contributed by atoms with Crippen molar-refractivity contribution < 1.29 is 17.9 Å². The number of carbonyl (C=O) groups is 1. The van der Waals surface area contributed by atoms with E-state index in [0.717, 1.165) is 25.1 Å². The van der Waals surface area contributed by atoms with Crippen molar-refractivity contribution >= 4 is 28.3 Å². The highest BCUT2D eigenvalue weighted by Gasteiger charge is 2.13. The van der Waals surface area contributed by atoms with Crippen LogP contribution in [0.1, 0.15) is 20.3 Å². The molecule has 22 heavy (non-hydrogen) atoms. The van der Waals surface area contributed by atoms with Crippen LogP contribution in [0.3, 0.4) is 0 Å². The molecule has 1 aliphatic rings. The second kappa shape index (κ2) is 11.0. The highest BCUT2D eigenvalue weighted by molar-refractivity contribution is 7.89. The number of hydrogen-bond donors (Lipinski definition) is 3. The fourth-order valence-electron chi connectivity index (χ4n) is 1.75. The molecule has 0 fully saturated rings. The summed E-state index contributed by atoms with van der Waals surface area (Å²) in [4.78, 5) is 11.6. The first kappa shape index (κ1) is 21.3. The third kappa shape index (κ3) is 10.1. The first-order chi connectivity index (χ1) is 9.89. The smallest absolute Gasteiger partial charge is 0.235 e. The van der Waals surface area contributed by atoms with E-state index in [2.05, 4.69) is 15.4 Å². The molecule has 0 unspecified atom stereocenters. The van der Waals surface area contributed by atoms with Gasteiger partial charge >= 0.3 is 0 Å². The van der Waals surface area contributed by atoms with Crippen LogP contribution in [0.15, 0.2) is 11.6 Å². The third-order valence-corrected chi connectivity index (χ3v) is 4.21. The summed E-state index contributed by atoms with van der Waals surface area (Å²) in [5.74, 6) is -0.474. The predicted octanol–water partition coefficient (Wildman–Crippen LogP) is -0.211. The summed E-state index contributed by atoms with van der Waals surface area (Å²) >= 11 is 0. The molecule has 0 bridgehead atoms. The van der Waals surface area contributed by atoms with E-state index in [9.17, 15) is 13.2 Å². The molecule has 0 radical (unpaired) electrons. The number of rotatable bonds is 9. The quantitative estimate of drug-likeness (QED) is 0.497. The number of halogens is 1. The van der Waals surface area contributed by atoms with E-state index in [1.54, 1.807) is 0 Å². The van der Waals surface area contributed by atoms with E-state index in [1.165, 1.54) is 0 Å². The number of ether oxygens (including phenoxy) is 1. The molecule has 0 atom stereocenters. The highest BCUT2D eigenvalue weighted by atomic mass is 35.5. The zero-order valence-corrected chi connectivity index (χ0v) is 14.7. The monoisotopic (exact) mass is 355 g/mol. The van der Waals surface area contributed by atoms with Crippen molar-refractivity contribution in [1.82, 2.24) is 15.4 Å². The number of hydrogen-bond acceptors (Lipinski definition) is 5. The van der Waals surface area contributed by atoms with Gasteiger partial charge in [-0.05, 0) is 26.8 Å². The standard InChI is InChI=1S/C13H25N3O4S.ClH/c1-11(2)20-7-8-21(18,19)16-10-13(17)15-9-12-3-5-14-6-4-12;/h3,11,14,16H,4-10H2,1-2H3,(H,15,17);1H. The Morgan fingerprint density at radius 1 is 1.45 bits per heavy atom. The topological polar surface area (TPSA) is 96.5 Å². The van der Waals surface area contributed by atoms with E-state index in [0.29, 0.717) is 6.54 Å². The summed E-state index contributed by atoms with van der Waals surface area (Å²) in [6, 6.07) is 0. The molecule has 0 spiro atoms. The maximum absolute atomic E-state index is 11.6. The van der Waals surface area contributed by atoms with Gasteiger partial charge in [-0.2, -0.15) is 0 Å². The molecule has 7 nitrogen and oxygen atoms in total. The fourth-order valence-corrected chi connectivity index (χ4v) is 2.56. The van der Waals surface area contributed by atoms with Gasteiger partial charge in [-0.3, -0.25) is 4.79 Å². The highest BCUT2D eigenvalue weighted by Crippen LogP contribution is 2.01. The van der Waals surface area contributed by atoms with Gasteiger partial charge in [-0.25, -0.2) is 13.1 Å². The first-order valence-electron chi connectivity index (χ1n) is 7.13. The van der Waals surface area contributed by atoms with Gasteiger partial charge in [0.2, 0.25) is 15.9 Å². The van der Waals surface area contributed by atoms with Crippen molar-refractivity contribution in [3.05, 3.63) is 11.6 Å². The molecule has 3 N–H and O–H groups in total. The second-order valence-electron chi connectivity index (χ2n) is 5.15. The lowest BCUT2D eigenvalue weighted by atomic mass is 10.1. The Morgan fingerprint density at radius 2 is 2.18 bits per heavy atom. The molecule has 1 rings (SSSR count). The number of sulfonamides is 1. The van der Waals surface area contributed by atoms with Crippen LogP contribution < -0.4 is 15.4 Å². The molecule has 0 aliphatic carbocycles. The molecule has 9 heteroatoms. The Balaban J connectivity index is 0.00000441. The molecule has 0 aromatic rings. The van der Waals surface area contributed by atoms with E-state index in [1.807, 2.05) is 19.9 Å². The summed E-state index contributed by atoms with van der Waals surface area (Å²) in [5, 5.41) is 5.89. The minimum Gasteiger partial charge on any atom is -0.378 e. The van der Waals surface area contributed by atoms with Crippen LogP contribution in [0.5, 0.6) is 0 Å². The van der Waals surface area contributed by atoms with Gasteiger partial charge < -0.3 is 15.4 Å². The Morgan fingerprint density at radius 3 is 2.77 bits per heavy atom. The van der Waals surface area contributed by atoms with E-state index in [4.69, 9.17) is 4.74 Å². The minimum atomic E-state index is -3.48. The van der Waals surface area contributed by atoms with Crippen molar-refractivity contribution in [2.45, 2.75) is 26.4 Å². The van der Waals surface area contributed by atoms with Crippen molar-refractivity contribution in [3.8, 4) is 0 Å². The SMILES string of the molecule is CC(C)OCCS(=O)(=O)NCC(=O)NCC1=CCNCC1.Cl. The predicted molar refractivity (Wildman–Crippen MR) is 88.7 cm³/mol. The fraction of sp³-hybridized carbons (Fsp3) is 0.769. The van der Waals surface area contributed by atoms with Crippen LogP contribution in [0, 0.1) is 0 Å². The first-order valence-corrected chi connectivity index (χ1v) is 8.78. The Bertz CT molecular complexity index is 466. The van der Waals surface area contributed by atoms with E-state index >= 15 is 0 Å². The van der Waals surface area contributed by atoms with Gasteiger partial charge in [-0.15, -0.1) is 12.4 Å². The summed E-state index contributed by atoms with van der Waals surface area (Å²) in [5.41, 5.74) is 1.16. The van der Waals surface area contributed by atoms with Gasteiger partial charge in [0.1, 0.15) is 0 Å².